The van der Waals surface area contributed by atoms with Crippen molar-refractivity contribution in [1.82, 2.24) is 9.88 Å². The molecule has 2 aromatic rings. The third-order valence-corrected chi connectivity index (χ3v) is 4.86. The number of ether oxygens (including phenoxy) is 1. The fraction of sp³-hybridized carbons (Fsp3) is 0.391. The van der Waals surface area contributed by atoms with E-state index < -0.39 is 0 Å². The Hall–Kier alpha value is -2.30. The van der Waals surface area contributed by atoms with E-state index >= 15 is 0 Å². The lowest BCUT2D eigenvalue weighted by Crippen LogP contribution is -2.37. The number of carbonyl (C=O) groups is 1. The van der Waals surface area contributed by atoms with Crippen LogP contribution in [0.5, 0.6) is 0 Å². The van der Waals surface area contributed by atoms with Crippen molar-refractivity contribution in [3.8, 4) is 0 Å². The van der Waals surface area contributed by atoms with E-state index in [0.29, 0.717) is 6.42 Å². The Morgan fingerprint density at radius 2 is 1.93 bits per heavy atom. The molecule has 0 spiro atoms. The summed E-state index contributed by atoms with van der Waals surface area (Å²) in [7, 11) is 0. The van der Waals surface area contributed by atoms with Gasteiger partial charge in [-0.15, -0.1) is 0 Å². The van der Waals surface area contributed by atoms with Gasteiger partial charge >= 0.3 is 0 Å². The monoisotopic (exact) mass is 364 g/mol. The second kappa shape index (κ2) is 10.1. The van der Waals surface area contributed by atoms with Crippen molar-refractivity contribution in [3.05, 3.63) is 71.6 Å². The highest BCUT2D eigenvalue weighted by atomic mass is 16.5. The number of carbonyl (C=O) groups excluding carboxylic acids is 1. The van der Waals surface area contributed by atoms with E-state index in [-0.39, 0.29) is 5.78 Å². The van der Waals surface area contributed by atoms with Gasteiger partial charge in [0.25, 0.3) is 0 Å². The summed E-state index contributed by atoms with van der Waals surface area (Å²) in [6.07, 6.45) is 8.54. The zero-order valence-electron chi connectivity index (χ0n) is 16.1. The van der Waals surface area contributed by atoms with Crippen molar-refractivity contribution in [1.29, 1.82) is 0 Å². The first-order valence-electron chi connectivity index (χ1n) is 9.82. The van der Waals surface area contributed by atoms with Crippen LogP contribution in [-0.2, 0) is 4.74 Å². The Balaban J connectivity index is 1.75. The highest BCUT2D eigenvalue weighted by Crippen LogP contribution is 2.25. The number of hydrogen-bond acceptors (Lipinski definition) is 4. The standard InChI is InChI=1S/C23H28N2O2/c1-2-3-9-22(21-8-5-11-24-18-21)19-6-4-7-20(17-19)23(26)10-12-25-13-15-27-16-14-25/h4-9,11,17-18H,2-3,10,12-16H2,1H3/b22-9+. The van der Waals surface area contributed by atoms with Crippen molar-refractivity contribution in [2.75, 3.05) is 32.8 Å². The average Bonchev–Trinajstić information content (AvgIpc) is 2.74. The number of rotatable bonds is 8. The quantitative estimate of drug-likeness (QED) is 0.658. The van der Waals surface area contributed by atoms with Crippen LogP contribution >= 0.6 is 0 Å². The van der Waals surface area contributed by atoms with E-state index in [0.717, 1.165) is 68.0 Å². The van der Waals surface area contributed by atoms with Crippen molar-refractivity contribution in [2.45, 2.75) is 26.2 Å². The Bertz CT molecular complexity index is 765. The van der Waals surface area contributed by atoms with Crippen LogP contribution in [0.25, 0.3) is 5.57 Å². The summed E-state index contributed by atoms with van der Waals surface area (Å²) in [5, 5.41) is 0. The molecular weight excluding hydrogens is 336 g/mol. The number of pyridine rings is 1. The molecule has 1 saturated heterocycles. The number of ketones is 1. The van der Waals surface area contributed by atoms with Crippen molar-refractivity contribution in [2.24, 2.45) is 0 Å². The predicted octanol–water partition coefficient (Wildman–Crippen LogP) is 4.22. The molecule has 0 amide bonds. The predicted molar refractivity (Wildman–Crippen MR) is 109 cm³/mol. The third-order valence-electron chi connectivity index (χ3n) is 4.86. The second-order valence-electron chi connectivity index (χ2n) is 6.86. The highest BCUT2D eigenvalue weighted by molar-refractivity contribution is 5.97. The van der Waals surface area contributed by atoms with Crippen LogP contribution in [-0.4, -0.2) is 48.5 Å². The maximum atomic E-state index is 12.7. The van der Waals surface area contributed by atoms with Crippen LogP contribution in [0.3, 0.4) is 0 Å². The molecule has 27 heavy (non-hydrogen) atoms. The Morgan fingerprint density at radius 3 is 2.67 bits per heavy atom. The van der Waals surface area contributed by atoms with Gasteiger partial charge in [-0.25, -0.2) is 0 Å². The van der Waals surface area contributed by atoms with E-state index in [1.54, 1.807) is 6.20 Å². The molecule has 1 aliphatic heterocycles. The van der Waals surface area contributed by atoms with Crippen LogP contribution in [0.2, 0.25) is 0 Å². The number of nitrogens with zero attached hydrogens (tertiary/aromatic N) is 2. The largest absolute Gasteiger partial charge is 0.379 e. The molecule has 0 aliphatic carbocycles. The van der Waals surface area contributed by atoms with E-state index in [9.17, 15) is 4.79 Å². The second-order valence-corrected chi connectivity index (χ2v) is 6.86. The lowest BCUT2D eigenvalue weighted by Gasteiger charge is -2.26. The first-order chi connectivity index (χ1) is 13.3. The average molecular weight is 364 g/mol. The van der Waals surface area contributed by atoms with Gasteiger partial charge in [-0.05, 0) is 29.7 Å². The fourth-order valence-corrected chi connectivity index (χ4v) is 3.30. The van der Waals surface area contributed by atoms with E-state index in [1.807, 2.05) is 30.5 Å². The summed E-state index contributed by atoms with van der Waals surface area (Å²) in [6.45, 7) is 6.33. The van der Waals surface area contributed by atoms with E-state index in [1.165, 1.54) is 0 Å². The molecule has 4 heteroatoms. The Labute approximate surface area is 161 Å². The van der Waals surface area contributed by atoms with Crippen LogP contribution in [0, 0.1) is 0 Å². The van der Waals surface area contributed by atoms with Gasteiger partial charge < -0.3 is 4.74 Å². The third kappa shape index (κ3) is 5.59. The van der Waals surface area contributed by atoms with Crippen LogP contribution in [0.4, 0.5) is 0 Å². The number of hydrogen-bond donors (Lipinski definition) is 0. The summed E-state index contributed by atoms with van der Waals surface area (Å²) in [5.74, 6) is 0.198. The molecule has 1 aromatic carbocycles. The van der Waals surface area contributed by atoms with Crippen LogP contribution < -0.4 is 0 Å². The minimum Gasteiger partial charge on any atom is -0.379 e. The van der Waals surface area contributed by atoms with Gasteiger partial charge in [0.05, 0.1) is 13.2 Å². The first-order valence-corrected chi connectivity index (χ1v) is 9.82. The van der Waals surface area contributed by atoms with E-state index in [2.05, 4.69) is 35.0 Å². The topological polar surface area (TPSA) is 42.4 Å². The Kier molecular flexibility index (Phi) is 7.31. The molecule has 2 heterocycles. The zero-order valence-corrected chi connectivity index (χ0v) is 16.1. The molecule has 4 nitrogen and oxygen atoms in total. The number of benzene rings is 1. The molecule has 0 bridgehead atoms. The maximum Gasteiger partial charge on any atom is 0.164 e. The van der Waals surface area contributed by atoms with Gasteiger partial charge in [-0.2, -0.15) is 0 Å². The lowest BCUT2D eigenvalue weighted by molar-refractivity contribution is 0.0370. The Morgan fingerprint density at radius 1 is 1.15 bits per heavy atom. The summed E-state index contributed by atoms with van der Waals surface area (Å²) in [6, 6.07) is 12.0. The number of allylic oxidation sites excluding steroid dienone is 1. The molecule has 0 N–H and O–H groups in total. The van der Waals surface area contributed by atoms with Gasteiger partial charge in [0.2, 0.25) is 0 Å². The van der Waals surface area contributed by atoms with Crippen molar-refractivity contribution < 1.29 is 9.53 Å². The van der Waals surface area contributed by atoms with Crippen LogP contribution in [0.1, 0.15) is 47.7 Å². The normalized spacial score (nSPS) is 15.7. The zero-order chi connectivity index (χ0) is 18.9. The maximum absolute atomic E-state index is 12.7. The fourth-order valence-electron chi connectivity index (χ4n) is 3.30. The number of aromatic nitrogens is 1. The summed E-state index contributed by atoms with van der Waals surface area (Å²) in [5.41, 5.74) is 4.09. The molecular formula is C23H28N2O2. The summed E-state index contributed by atoms with van der Waals surface area (Å²) < 4.78 is 5.37. The molecule has 0 atom stereocenters. The molecule has 0 unspecified atom stereocenters. The molecule has 0 radical (unpaired) electrons. The minimum atomic E-state index is 0.198. The number of morpholine rings is 1. The van der Waals surface area contributed by atoms with Gasteiger partial charge in [0.15, 0.2) is 5.78 Å². The SMILES string of the molecule is CCC/C=C(/c1cccnc1)c1cccc(C(=O)CCN2CCOCC2)c1. The molecule has 1 fully saturated rings. The first kappa shape index (κ1) is 19.5. The van der Waals surface area contributed by atoms with Crippen molar-refractivity contribution in [3.63, 3.8) is 0 Å². The number of unbranched alkanes of at least 4 members (excludes halogenated alkanes) is 1. The molecule has 3 rings (SSSR count). The van der Waals surface area contributed by atoms with Gasteiger partial charge in [-0.3, -0.25) is 14.7 Å². The molecule has 1 aliphatic rings. The van der Waals surface area contributed by atoms with Gasteiger partial charge in [0, 0.05) is 49.6 Å². The minimum absolute atomic E-state index is 0.198. The molecule has 142 valence electrons. The van der Waals surface area contributed by atoms with Crippen LogP contribution in [0.15, 0.2) is 54.9 Å². The lowest BCUT2D eigenvalue weighted by atomic mass is 9.95. The van der Waals surface area contributed by atoms with Gasteiger partial charge in [-0.1, -0.05) is 43.7 Å². The van der Waals surface area contributed by atoms with Crippen molar-refractivity contribution >= 4 is 11.4 Å². The summed E-state index contributed by atoms with van der Waals surface area (Å²) >= 11 is 0. The molecule has 0 saturated carbocycles. The van der Waals surface area contributed by atoms with E-state index in [4.69, 9.17) is 4.74 Å². The smallest absolute Gasteiger partial charge is 0.164 e. The number of Topliss-reactive ketones (excluding diaryl/α,β-unsaturated/α-hetero) is 1. The van der Waals surface area contributed by atoms with Gasteiger partial charge in [0.1, 0.15) is 0 Å². The molecule has 1 aromatic heterocycles. The highest BCUT2D eigenvalue weighted by Gasteiger charge is 2.14. The summed E-state index contributed by atoms with van der Waals surface area (Å²) in [4.78, 5) is 19.3.